The zero-order valence-electron chi connectivity index (χ0n) is 13.1. The first-order valence-electron chi connectivity index (χ1n) is 7.67. The highest BCUT2D eigenvalue weighted by Gasteiger charge is 2.32. The normalized spacial score (nSPS) is 20.4. The quantitative estimate of drug-likeness (QED) is 0.742. The fourth-order valence-electron chi connectivity index (χ4n) is 2.81. The van der Waals surface area contributed by atoms with Gasteiger partial charge in [0.15, 0.2) is 5.75 Å². The van der Waals surface area contributed by atoms with E-state index in [1.54, 1.807) is 29.5 Å². The summed E-state index contributed by atoms with van der Waals surface area (Å²) >= 11 is 0. The third kappa shape index (κ3) is 2.71. The number of nitrogens with zero attached hydrogens (tertiary/aromatic N) is 3. The maximum absolute atomic E-state index is 12.6. The van der Waals surface area contributed by atoms with Crippen LogP contribution >= 0.6 is 0 Å². The summed E-state index contributed by atoms with van der Waals surface area (Å²) in [5.41, 5.74) is 2.01. The lowest BCUT2D eigenvalue weighted by atomic mass is 10.1. The molecule has 24 heavy (non-hydrogen) atoms. The highest BCUT2D eigenvalue weighted by atomic mass is 16.5. The Morgan fingerprint density at radius 1 is 1.46 bits per heavy atom. The minimum atomic E-state index is -0.253. The van der Waals surface area contributed by atoms with E-state index < -0.39 is 0 Å². The lowest BCUT2D eigenvalue weighted by Gasteiger charge is -2.19. The zero-order chi connectivity index (χ0) is 16.5. The zero-order valence-corrected chi connectivity index (χ0v) is 13.1. The Morgan fingerprint density at radius 3 is 3.21 bits per heavy atom. The van der Waals surface area contributed by atoms with E-state index in [4.69, 9.17) is 9.47 Å². The molecule has 0 saturated carbocycles. The summed E-state index contributed by atoms with van der Waals surface area (Å²) in [6, 6.07) is 5.23. The van der Waals surface area contributed by atoms with Gasteiger partial charge in [0.2, 0.25) is 0 Å². The fourth-order valence-corrected chi connectivity index (χ4v) is 2.81. The summed E-state index contributed by atoms with van der Waals surface area (Å²) in [4.78, 5) is 19.8. The molecule has 0 spiro atoms. The van der Waals surface area contributed by atoms with Crippen LogP contribution in [0.4, 0.5) is 0 Å². The van der Waals surface area contributed by atoms with Gasteiger partial charge in [0, 0.05) is 7.05 Å². The molecule has 0 aliphatic carbocycles. The highest BCUT2D eigenvalue weighted by molar-refractivity contribution is 6.04. The first-order chi connectivity index (χ1) is 11.7. The third-order valence-corrected chi connectivity index (χ3v) is 4.01. The van der Waals surface area contributed by atoms with Crippen molar-refractivity contribution in [2.24, 2.45) is 7.05 Å². The molecular formula is C16H17N5O3. The Morgan fingerprint density at radius 2 is 2.38 bits per heavy atom. The molecule has 8 heteroatoms. The molecule has 1 aromatic carbocycles. The number of aromatic nitrogens is 4. The molecule has 1 amide bonds. The largest absolute Gasteiger partial charge is 0.482 e. The summed E-state index contributed by atoms with van der Waals surface area (Å²) in [5, 5.41) is 7.06. The van der Waals surface area contributed by atoms with Gasteiger partial charge in [-0.25, -0.2) is 4.98 Å². The second-order valence-electron chi connectivity index (χ2n) is 5.73. The van der Waals surface area contributed by atoms with Crippen molar-refractivity contribution in [1.29, 1.82) is 0 Å². The number of ether oxygens (including phenoxy) is 2. The van der Waals surface area contributed by atoms with Crippen LogP contribution in [0.3, 0.4) is 0 Å². The summed E-state index contributed by atoms with van der Waals surface area (Å²) in [6.07, 6.45) is 4.74. The second kappa shape index (κ2) is 5.97. The fraction of sp³-hybridized carbons (Fsp3) is 0.312. The van der Waals surface area contributed by atoms with Crippen molar-refractivity contribution in [3.63, 3.8) is 0 Å². The van der Waals surface area contributed by atoms with Gasteiger partial charge in [-0.3, -0.25) is 9.48 Å². The molecule has 1 aliphatic heterocycles. The number of H-pyrrole nitrogens is 1. The van der Waals surface area contributed by atoms with Crippen LogP contribution in [0.25, 0.3) is 11.0 Å². The molecule has 0 unspecified atom stereocenters. The molecule has 124 valence electrons. The minimum Gasteiger partial charge on any atom is -0.482 e. The van der Waals surface area contributed by atoms with Crippen LogP contribution in [0.15, 0.2) is 36.9 Å². The van der Waals surface area contributed by atoms with Crippen molar-refractivity contribution in [2.75, 3.05) is 13.2 Å². The number of rotatable bonds is 4. The van der Waals surface area contributed by atoms with Crippen LogP contribution in [-0.4, -0.2) is 51.0 Å². The number of amides is 1. The van der Waals surface area contributed by atoms with E-state index in [-0.39, 0.29) is 18.1 Å². The van der Waals surface area contributed by atoms with Crippen LogP contribution in [0.1, 0.15) is 10.4 Å². The maximum Gasteiger partial charge on any atom is 0.253 e. The first kappa shape index (κ1) is 14.7. The molecule has 3 aromatic rings. The van der Waals surface area contributed by atoms with Gasteiger partial charge in [-0.2, -0.15) is 5.10 Å². The Kier molecular flexibility index (Phi) is 3.66. The molecule has 1 saturated heterocycles. The van der Waals surface area contributed by atoms with E-state index in [9.17, 15) is 4.79 Å². The first-order valence-corrected chi connectivity index (χ1v) is 7.67. The predicted molar refractivity (Wildman–Crippen MR) is 85.8 cm³/mol. The van der Waals surface area contributed by atoms with Gasteiger partial charge in [0.05, 0.1) is 49.1 Å². The predicted octanol–water partition coefficient (Wildman–Crippen LogP) is 0.873. The molecule has 8 nitrogen and oxygen atoms in total. The van der Waals surface area contributed by atoms with Gasteiger partial charge in [-0.15, -0.1) is 0 Å². The number of carbonyl (C=O) groups excluding carboxylic acids is 1. The van der Waals surface area contributed by atoms with Crippen LogP contribution in [0.5, 0.6) is 5.75 Å². The number of imidazole rings is 1. The van der Waals surface area contributed by atoms with Gasteiger partial charge < -0.3 is 19.8 Å². The van der Waals surface area contributed by atoms with Crippen molar-refractivity contribution in [2.45, 2.75) is 12.1 Å². The van der Waals surface area contributed by atoms with Crippen LogP contribution in [-0.2, 0) is 11.8 Å². The second-order valence-corrected chi connectivity index (χ2v) is 5.73. The standard InChI is InChI=1S/C16H17N5O3/c1-21-6-10(5-19-21)24-14-8-23-7-13(14)20-16(22)11-3-2-4-12-15(11)18-9-17-12/h2-6,9,13-14H,7-8H2,1H3,(H,17,18)(H,20,22)/t13-,14+/m0/s1. The Balaban J connectivity index is 1.49. The van der Waals surface area contributed by atoms with E-state index in [1.165, 1.54) is 0 Å². The molecule has 1 fully saturated rings. The van der Waals surface area contributed by atoms with E-state index >= 15 is 0 Å². The van der Waals surface area contributed by atoms with Crippen molar-refractivity contribution in [1.82, 2.24) is 25.1 Å². The lowest BCUT2D eigenvalue weighted by molar-refractivity contribution is 0.0905. The average Bonchev–Trinajstić information content (AvgIpc) is 3.29. The summed E-state index contributed by atoms with van der Waals surface area (Å²) in [6.45, 7) is 0.833. The summed E-state index contributed by atoms with van der Waals surface area (Å²) < 4.78 is 13.0. The van der Waals surface area contributed by atoms with Crippen molar-refractivity contribution in [3.8, 4) is 5.75 Å². The van der Waals surface area contributed by atoms with Gasteiger partial charge in [-0.1, -0.05) is 6.07 Å². The molecule has 0 bridgehead atoms. The van der Waals surface area contributed by atoms with Crippen molar-refractivity contribution in [3.05, 3.63) is 42.5 Å². The highest BCUT2D eigenvalue weighted by Crippen LogP contribution is 2.18. The number of carbonyl (C=O) groups is 1. The van der Waals surface area contributed by atoms with E-state index in [1.807, 2.05) is 19.2 Å². The lowest BCUT2D eigenvalue weighted by Crippen LogP contribution is -2.45. The van der Waals surface area contributed by atoms with Gasteiger partial charge in [-0.05, 0) is 12.1 Å². The number of aryl methyl sites for hydroxylation is 1. The number of para-hydroxylation sites is 1. The maximum atomic E-state index is 12.6. The van der Waals surface area contributed by atoms with Gasteiger partial charge >= 0.3 is 0 Å². The molecule has 2 atom stereocenters. The summed E-state index contributed by atoms with van der Waals surface area (Å²) in [7, 11) is 1.82. The minimum absolute atomic E-state index is 0.192. The molecule has 1 aliphatic rings. The van der Waals surface area contributed by atoms with Crippen molar-refractivity contribution < 1.29 is 14.3 Å². The smallest absolute Gasteiger partial charge is 0.253 e. The van der Waals surface area contributed by atoms with Crippen LogP contribution in [0.2, 0.25) is 0 Å². The Bertz CT molecular complexity index is 871. The SMILES string of the molecule is Cn1cc(O[C@@H]2COC[C@@H]2NC(=O)c2cccc3[nH]cnc23)cn1. The number of fused-ring (bicyclic) bond motifs is 1. The summed E-state index contributed by atoms with van der Waals surface area (Å²) in [5.74, 6) is 0.463. The molecule has 4 rings (SSSR count). The van der Waals surface area contributed by atoms with Gasteiger partial charge in [0.25, 0.3) is 5.91 Å². The van der Waals surface area contributed by atoms with E-state index in [0.717, 1.165) is 5.52 Å². The monoisotopic (exact) mass is 327 g/mol. The van der Waals surface area contributed by atoms with Crippen LogP contribution in [0, 0.1) is 0 Å². The topological polar surface area (TPSA) is 94.1 Å². The number of nitrogens with one attached hydrogen (secondary N) is 2. The average molecular weight is 327 g/mol. The molecule has 2 N–H and O–H groups in total. The van der Waals surface area contributed by atoms with Crippen LogP contribution < -0.4 is 10.1 Å². The molecule has 0 radical (unpaired) electrons. The van der Waals surface area contributed by atoms with Gasteiger partial charge in [0.1, 0.15) is 11.6 Å². The molecule has 2 aromatic heterocycles. The Hall–Kier alpha value is -2.87. The molecular weight excluding hydrogens is 310 g/mol. The number of hydrogen-bond acceptors (Lipinski definition) is 5. The number of benzene rings is 1. The number of aromatic amines is 1. The number of hydrogen-bond donors (Lipinski definition) is 2. The van der Waals surface area contributed by atoms with Crippen molar-refractivity contribution >= 4 is 16.9 Å². The van der Waals surface area contributed by atoms with E-state index in [2.05, 4.69) is 20.4 Å². The Labute approximate surface area is 137 Å². The molecule has 3 heterocycles. The third-order valence-electron chi connectivity index (χ3n) is 4.01. The van der Waals surface area contributed by atoms with E-state index in [0.29, 0.717) is 30.0 Å².